The highest BCUT2D eigenvalue weighted by atomic mass is 35.5. The van der Waals surface area contributed by atoms with E-state index in [4.69, 9.17) is 17.3 Å². The molecule has 0 bridgehead atoms. The van der Waals surface area contributed by atoms with Gasteiger partial charge in [-0.15, -0.1) is 12.4 Å². The van der Waals surface area contributed by atoms with Gasteiger partial charge in [0.15, 0.2) is 0 Å². The van der Waals surface area contributed by atoms with Crippen molar-refractivity contribution in [3.05, 3.63) is 64.9 Å². The van der Waals surface area contributed by atoms with Gasteiger partial charge >= 0.3 is 0 Å². The van der Waals surface area contributed by atoms with Crippen LogP contribution in [0.4, 0.5) is 0 Å². The highest BCUT2D eigenvalue weighted by molar-refractivity contribution is 6.31. The molecule has 0 aliphatic carbocycles. The summed E-state index contributed by atoms with van der Waals surface area (Å²) >= 11 is 6.16. The Balaban J connectivity index is 0.00000180. The van der Waals surface area contributed by atoms with E-state index < -0.39 is 0 Å². The van der Waals surface area contributed by atoms with Gasteiger partial charge in [-0.2, -0.15) is 0 Å². The summed E-state index contributed by atoms with van der Waals surface area (Å²) in [6.07, 6.45) is 2.53. The van der Waals surface area contributed by atoms with Crippen molar-refractivity contribution in [2.75, 3.05) is 0 Å². The summed E-state index contributed by atoms with van der Waals surface area (Å²) in [6.45, 7) is 2.02. The lowest BCUT2D eigenvalue weighted by atomic mass is 9.88. The molecule has 2 aromatic rings. The topological polar surface area (TPSA) is 38.9 Å². The molecule has 19 heavy (non-hydrogen) atoms. The molecule has 102 valence electrons. The second kappa shape index (κ2) is 7.49. The van der Waals surface area contributed by atoms with Crippen LogP contribution < -0.4 is 5.73 Å². The van der Waals surface area contributed by atoms with Crippen molar-refractivity contribution < 1.29 is 0 Å². The number of nitrogens with two attached hydrogens (primary N) is 1. The molecule has 0 saturated carbocycles. The molecular weight excluding hydrogens is 279 g/mol. The Bertz CT molecular complexity index is 501. The molecule has 2 nitrogen and oxygen atoms in total. The fourth-order valence-corrected chi connectivity index (χ4v) is 2.28. The molecule has 0 saturated heterocycles. The molecule has 0 spiro atoms. The molecule has 0 amide bonds. The third kappa shape index (κ3) is 4.20. The summed E-state index contributed by atoms with van der Waals surface area (Å²) in [7, 11) is 0. The van der Waals surface area contributed by atoms with Gasteiger partial charge in [0.05, 0.1) is 10.7 Å². The normalized spacial score (nSPS) is 13.4. The summed E-state index contributed by atoms with van der Waals surface area (Å²) in [4.78, 5) is 4.34. The lowest BCUT2D eigenvalue weighted by molar-refractivity contribution is 0.559. The summed E-state index contributed by atoms with van der Waals surface area (Å²) < 4.78 is 0. The van der Waals surface area contributed by atoms with Crippen molar-refractivity contribution in [3.63, 3.8) is 0 Å². The van der Waals surface area contributed by atoms with Crippen LogP contribution >= 0.6 is 24.0 Å². The van der Waals surface area contributed by atoms with E-state index >= 15 is 0 Å². The van der Waals surface area contributed by atoms with Crippen LogP contribution in [0.5, 0.6) is 0 Å². The molecule has 2 rings (SSSR count). The van der Waals surface area contributed by atoms with E-state index in [1.54, 1.807) is 6.20 Å². The van der Waals surface area contributed by atoms with Crippen molar-refractivity contribution in [2.24, 2.45) is 5.73 Å². The Morgan fingerprint density at radius 2 is 1.84 bits per heavy atom. The first-order valence-corrected chi connectivity index (χ1v) is 6.46. The minimum Gasteiger partial charge on any atom is -0.327 e. The highest BCUT2D eigenvalue weighted by Crippen LogP contribution is 2.25. The molecular formula is C15H18Cl2N2. The van der Waals surface area contributed by atoms with Crippen LogP contribution in [0.1, 0.15) is 24.1 Å². The Kier molecular flexibility index (Phi) is 6.29. The second-order valence-electron chi connectivity index (χ2n) is 4.51. The van der Waals surface area contributed by atoms with Crippen molar-refractivity contribution in [3.8, 4) is 0 Å². The fourth-order valence-electron chi connectivity index (χ4n) is 2.08. The zero-order valence-electron chi connectivity index (χ0n) is 10.8. The molecule has 2 unspecified atom stereocenters. The Hall–Kier alpha value is -1.09. The Morgan fingerprint density at radius 3 is 2.42 bits per heavy atom. The van der Waals surface area contributed by atoms with Crippen LogP contribution in [0, 0.1) is 0 Å². The van der Waals surface area contributed by atoms with E-state index in [1.165, 1.54) is 5.56 Å². The van der Waals surface area contributed by atoms with Crippen LogP contribution in [0.15, 0.2) is 48.7 Å². The van der Waals surface area contributed by atoms with E-state index in [0.29, 0.717) is 5.02 Å². The number of rotatable bonds is 4. The molecule has 0 radical (unpaired) electrons. The Morgan fingerprint density at radius 1 is 1.16 bits per heavy atom. The van der Waals surface area contributed by atoms with Crippen molar-refractivity contribution >= 4 is 24.0 Å². The van der Waals surface area contributed by atoms with Gasteiger partial charge in [0.25, 0.3) is 0 Å². The summed E-state index contributed by atoms with van der Waals surface area (Å²) in [6, 6.07) is 14.0. The van der Waals surface area contributed by atoms with Gasteiger partial charge in [-0.25, -0.2) is 0 Å². The molecule has 1 aromatic heterocycles. The number of pyridine rings is 1. The monoisotopic (exact) mass is 296 g/mol. The number of halogens is 2. The fraction of sp³-hybridized carbons (Fsp3) is 0.267. The van der Waals surface area contributed by atoms with E-state index in [0.717, 1.165) is 12.1 Å². The lowest BCUT2D eigenvalue weighted by Crippen LogP contribution is -2.26. The number of benzene rings is 1. The molecule has 0 aliphatic rings. The number of aromatic nitrogens is 1. The van der Waals surface area contributed by atoms with Gasteiger partial charge in [0, 0.05) is 18.2 Å². The first-order valence-electron chi connectivity index (χ1n) is 6.08. The number of hydrogen-bond donors (Lipinski definition) is 1. The summed E-state index contributed by atoms with van der Waals surface area (Å²) in [5, 5.41) is 0.707. The van der Waals surface area contributed by atoms with E-state index in [-0.39, 0.29) is 24.4 Å². The maximum Gasteiger partial charge on any atom is 0.0621 e. The van der Waals surface area contributed by atoms with Gasteiger partial charge in [-0.05, 0) is 31.0 Å². The molecule has 2 atom stereocenters. The van der Waals surface area contributed by atoms with Gasteiger partial charge < -0.3 is 5.73 Å². The van der Waals surface area contributed by atoms with Crippen molar-refractivity contribution in [1.82, 2.24) is 4.98 Å². The van der Waals surface area contributed by atoms with Gasteiger partial charge in [0.2, 0.25) is 0 Å². The van der Waals surface area contributed by atoms with Gasteiger partial charge in [0.1, 0.15) is 0 Å². The van der Waals surface area contributed by atoms with Crippen molar-refractivity contribution in [1.29, 1.82) is 0 Å². The van der Waals surface area contributed by atoms with Gasteiger partial charge in [-0.3, -0.25) is 4.98 Å². The number of hydrogen-bond acceptors (Lipinski definition) is 2. The molecule has 1 heterocycles. The van der Waals surface area contributed by atoms with Crippen LogP contribution in [-0.4, -0.2) is 11.0 Å². The molecule has 1 aromatic carbocycles. The van der Waals surface area contributed by atoms with Crippen LogP contribution in [-0.2, 0) is 6.42 Å². The van der Waals surface area contributed by atoms with E-state index in [1.807, 2.05) is 37.3 Å². The van der Waals surface area contributed by atoms with Gasteiger partial charge in [-0.1, -0.05) is 41.9 Å². The average molecular weight is 297 g/mol. The van der Waals surface area contributed by atoms with Crippen LogP contribution in [0.2, 0.25) is 5.02 Å². The predicted molar refractivity (Wildman–Crippen MR) is 83.0 cm³/mol. The zero-order valence-corrected chi connectivity index (χ0v) is 12.4. The summed E-state index contributed by atoms with van der Waals surface area (Å²) in [5.74, 6) is 0.235. The minimum absolute atomic E-state index is 0. The third-order valence-electron chi connectivity index (χ3n) is 3.11. The summed E-state index contributed by atoms with van der Waals surface area (Å²) in [5.41, 5.74) is 8.23. The molecule has 2 N–H and O–H groups in total. The highest BCUT2D eigenvalue weighted by Gasteiger charge is 2.18. The van der Waals surface area contributed by atoms with Crippen LogP contribution in [0.25, 0.3) is 0 Å². The number of nitrogens with zero attached hydrogens (tertiary/aromatic N) is 1. The minimum atomic E-state index is 0. The smallest absolute Gasteiger partial charge is 0.0621 e. The SMILES string of the molecule is CC(N)C(Cc1ncccc1Cl)c1ccccc1.Cl. The largest absolute Gasteiger partial charge is 0.327 e. The molecule has 0 aliphatic heterocycles. The Labute approximate surface area is 125 Å². The van der Waals surface area contributed by atoms with Crippen molar-refractivity contribution in [2.45, 2.75) is 25.3 Å². The average Bonchev–Trinajstić information content (AvgIpc) is 2.38. The lowest BCUT2D eigenvalue weighted by Gasteiger charge is -2.21. The maximum absolute atomic E-state index is 6.16. The standard InChI is InChI=1S/C15H17ClN2.ClH/c1-11(17)13(12-6-3-2-4-7-12)10-15-14(16)8-5-9-18-15;/h2-9,11,13H,10,17H2,1H3;1H. The van der Waals surface area contributed by atoms with E-state index in [9.17, 15) is 0 Å². The molecule has 4 heteroatoms. The second-order valence-corrected chi connectivity index (χ2v) is 4.92. The predicted octanol–water partition coefficient (Wildman–Crippen LogP) is 3.83. The first-order chi connectivity index (χ1) is 8.68. The maximum atomic E-state index is 6.16. The van der Waals surface area contributed by atoms with E-state index in [2.05, 4.69) is 17.1 Å². The van der Waals surface area contributed by atoms with Crippen LogP contribution in [0.3, 0.4) is 0 Å². The zero-order chi connectivity index (χ0) is 13.0. The molecule has 0 fully saturated rings. The quantitative estimate of drug-likeness (QED) is 0.931. The third-order valence-corrected chi connectivity index (χ3v) is 3.45. The first kappa shape index (κ1) is 16.0.